The lowest BCUT2D eigenvalue weighted by Crippen LogP contribution is -2.46. The molecule has 0 bridgehead atoms. The van der Waals surface area contributed by atoms with Gasteiger partial charge in [0.2, 0.25) is 5.91 Å². The van der Waals surface area contributed by atoms with E-state index in [1.54, 1.807) is 0 Å². The van der Waals surface area contributed by atoms with Crippen LogP contribution in [0, 0.1) is 5.92 Å². The fourth-order valence-corrected chi connectivity index (χ4v) is 3.68. The predicted molar refractivity (Wildman–Crippen MR) is 107 cm³/mol. The number of aliphatic hydroxyl groups excluding tert-OH is 1. The fourth-order valence-electron chi connectivity index (χ4n) is 3.68. The zero-order valence-electron chi connectivity index (χ0n) is 16.2. The van der Waals surface area contributed by atoms with E-state index in [9.17, 15) is 14.7 Å². The summed E-state index contributed by atoms with van der Waals surface area (Å²) < 4.78 is 5.18. The van der Waals surface area contributed by atoms with Crippen LogP contribution in [0.3, 0.4) is 0 Å². The molecule has 5 nitrogen and oxygen atoms in total. The van der Waals surface area contributed by atoms with Gasteiger partial charge in [0.15, 0.2) is 0 Å². The minimum Gasteiger partial charge on any atom is -0.447 e. The molecule has 0 unspecified atom stereocenters. The van der Waals surface area contributed by atoms with Gasteiger partial charge in [0.05, 0.1) is 18.1 Å². The molecule has 1 N–H and O–H groups in total. The molecule has 2 aromatic rings. The largest absolute Gasteiger partial charge is 0.447 e. The van der Waals surface area contributed by atoms with Crippen LogP contribution >= 0.6 is 0 Å². The van der Waals surface area contributed by atoms with Crippen LogP contribution in [0.15, 0.2) is 60.7 Å². The van der Waals surface area contributed by atoms with Crippen molar-refractivity contribution < 1.29 is 19.4 Å². The van der Waals surface area contributed by atoms with Crippen LogP contribution in [0.1, 0.15) is 30.9 Å². The molecule has 0 spiro atoms. The number of hydrogen-bond acceptors (Lipinski definition) is 4. The summed E-state index contributed by atoms with van der Waals surface area (Å²) in [5.41, 5.74) is 2.15. The quantitative estimate of drug-likeness (QED) is 0.759. The van der Waals surface area contributed by atoms with Crippen LogP contribution in [0.2, 0.25) is 0 Å². The number of aryl methyl sites for hydroxylation is 1. The molecular formula is C23H27NO4. The maximum atomic E-state index is 13.2. The van der Waals surface area contributed by atoms with Gasteiger partial charge in [0.1, 0.15) is 6.61 Å². The first-order chi connectivity index (χ1) is 13.6. The van der Waals surface area contributed by atoms with Crippen LogP contribution in [0.5, 0.6) is 0 Å². The molecule has 1 aliphatic heterocycles. The first-order valence-corrected chi connectivity index (χ1v) is 9.86. The minimum absolute atomic E-state index is 0.188. The Balaban J connectivity index is 1.74. The summed E-state index contributed by atoms with van der Waals surface area (Å²) in [6, 6.07) is 19.3. The Bertz CT molecular complexity index is 778. The molecule has 1 heterocycles. The standard InChI is InChI=1S/C23H27NO4/c1-2-21(25)20(14-13-17-9-5-3-6-10-17)22(26)24-19(16-28-23(24)27)15-18-11-7-4-8-12-18/h3-12,19-21,25H,2,13-16H2,1H3/t19-,20-,21+/m1/s1. The molecule has 28 heavy (non-hydrogen) atoms. The number of hydrogen-bond donors (Lipinski definition) is 1. The Morgan fingerprint density at radius 1 is 1.11 bits per heavy atom. The van der Waals surface area contributed by atoms with E-state index in [-0.39, 0.29) is 18.6 Å². The van der Waals surface area contributed by atoms with E-state index in [4.69, 9.17) is 4.74 Å². The molecule has 3 atom stereocenters. The van der Waals surface area contributed by atoms with E-state index in [1.807, 2.05) is 67.6 Å². The van der Waals surface area contributed by atoms with Crippen molar-refractivity contribution in [1.82, 2.24) is 4.90 Å². The van der Waals surface area contributed by atoms with Crippen LogP contribution in [-0.4, -0.2) is 40.8 Å². The smallest absolute Gasteiger partial charge is 0.416 e. The lowest BCUT2D eigenvalue weighted by molar-refractivity contribution is -0.137. The summed E-state index contributed by atoms with van der Waals surface area (Å²) in [7, 11) is 0. The van der Waals surface area contributed by atoms with Gasteiger partial charge < -0.3 is 9.84 Å². The van der Waals surface area contributed by atoms with Crippen molar-refractivity contribution in [3.05, 3.63) is 71.8 Å². The van der Waals surface area contributed by atoms with Crippen molar-refractivity contribution in [3.63, 3.8) is 0 Å². The van der Waals surface area contributed by atoms with Gasteiger partial charge >= 0.3 is 6.09 Å². The molecular weight excluding hydrogens is 354 g/mol. The number of imide groups is 1. The minimum atomic E-state index is -0.790. The Labute approximate surface area is 165 Å². The van der Waals surface area contributed by atoms with Crippen molar-refractivity contribution in [1.29, 1.82) is 0 Å². The third-order valence-electron chi connectivity index (χ3n) is 5.30. The molecule has 148 valence electrons. The maximum absolute atomic E-state index is 13.2. The Kier molecular flexibility index (Phi) is 6.82. The molecule has 2 amide bonds. The monoisotopic (exact) mass is 381 g/mol. The van der Waals surface area contributed by atoms with Gasteiger partial charge in [0, 0.05) is 0 Å². The summed E-state index contributed by atoms with van der Waals surface area (Å²) >= 11 is 0. The van der Waals surface area contributed by atoms with Gasteiger partial charge in [-0.3, -0.25) is 4.79 Å². The van der Waals surface area contributed by atoms with E-state index in [0.717, 1.165) is 11.1 Å². The Morgan fingerprint density at radius 2 is 1.71 bits per heavy atom. The number of amides is 2. The number of nitrogens with zero attached hydrogens (tertiary/aromatic N) is 1. The molecule has 2 aromatic carbocycles. The van der Waals surface area contributed by atoms with Crippen molar-refractivity contribution in [2.24, 2.45) is 5.92 Å². The molecule has 0 aromatic heterocycles. The zero-order chi connectivity index (χ0) is 19.9. The highest BCUT2D eigenvalue weighted by Gasteiger charge is 2.42. The van der Waals surface area contributed by atoms with Crippen molar-refractivity contribution in [2.75, 3.05) is 6.61 Å². The second kappa shape index (κ2) is 9.51. The average Bonchev–Trinajstić information content (AvgIpc) is 3.09. The van der Waals surface area contributed by atoms with Gasteiger partial charge in [-0.25, -0.2) is 9.69 Å². The van der Waals surface area contributed by atoms with Crippen LogP contribution in [0.4, 0.5) is 4.79 Å². The van der Waals surface area contributed by atoms with Crippen LogP contribution < -0.4 is 0 Å². The van der Waals surface area contributed by atoms with Crippen molar-refractivity contribution in [3.8, 4) is 0 Å². The topological polar surface area (TPSA) is 66.8 Å². The second-order valence-corrected chi connectivity index (χ2v) is 7.24. The lowest BCUT2D eigenvalue weighted by atomic mass is 9.91. The first kappa shape index (κ1) is 20.1. The number of ether oxygens (including phenoxy) is 1. The summed E-state index contributed by atoms with van der Waals surface area (Å²) in [6.45, 7) is 2.03. The van der Waals surface area contributed by atoms with Gasteiger partial charge in [-0.1, -0.05) is 67.6 Å². The summed E-state index contributed by atoms with van der Waals surface area (Å²) in [4.78, 5) is 26.8. The Hall–Kier alpha value is -2.66. The molecule has 1 saturated heterocycles. The second-order valence-electron chi connectivity index (χ2n) is 7.24. The fraction of sp³-hybridized carbons (Fsp3) is 0.391. The highest BCUT2D eigenvalue weighted by atomic mass is 16.6. The zero-order valence-corrected chi connectivity index (χ0v) is 16.2. The van der Waals surface area contributed by atoms with Gasteiger partial charge in [-0.2, -0.15) is 0 Å². The Morgan fingerprint density at radius 3 is 2.32 bits per heavy atom. The normalized spacial score (nSPS) is 18.6. The van der Waals surface area contributed by atoms with Crippen LogP contribution in [-0.2, 0) is 22.4 Å². The van der Waals surface area contributed by atoms with Gasteiger partial charge in [-0.05, 0) is 36.8 Å². The van der Waals surface area contributed by atoms with Crippen molar-refractivity contribution >= 4 is 12.0 Å². The van der Waals surface area contributed by atoms with E-state index in [2.05, 4.69) is 0 Å². The predicted octanol–water partition coefficient (Wildman–Crippen LogP) is 3.60. The maximum Gasteiger partial charge on any atom is 0.416 e. The number of benzene rings is 2. The molecule has 0 radical (unpaired) electrons. The SMILES string of the molecule is CC[C@H](O)[C@@H](CCc1ccccc1)C(=O)N1C(=O)OC[C@H]1Cc1ccccc1. The highest BCUT2D eigenvalue weighted by Crippen LogP contribution is 2.25. The summed E-state index contributed by atoms with van der Waals surface area (Å²) in [6.07, 6.45) is 0.754. The molecule has 1 aliphatic rings. The molecule has 0 saturated carbocycles. The third-order valence-corrected chi connectivity index (χ3v) is 5.30. The van der Waals surface area contributed by atoms with E-state index < -0.39 is 18.1 Å². The molecule has 1 fully saturated rings. The highest BCUT2D eigenvalue weighted by molar-refractivity contribution is 5.95. The number of aliphatic hydroxyl groups is 1. The third kappa shape index (κ3) is 4.78. The van der Waals surface area contributed by atoms with Crippen molar-refractivity contribution in [2.45, 2.75) is 44.8 Å². The summed E-state index contributed by atoms with van der Waals surface area (Å²) in [5.74, 6) is -0.970. The number of carbonyl (C=O) groups is 2. The van der Waals surface area contributed by atoms with E-state index in [1.165, 1.54) is 4.90 Å². The van der Waals surface area contributed by atoms with Gasteiger partial charge in [0.25, 0.3) is 0 Å². The first-order valence-electron chi connectivity index (χ1n) is 9.86. The average molecular weight is 381 g/mol. The van der Waals surface area contributed by atoms with Crippen LogP contribution in [0.25, 0.3) is 0 Å². The van der Waals surface area contributed by atoms with Gasteiger partial charge in [-0.15, -0.1) is 0 Å². The number of rotatable bonds is 8. The lowest BCUT2D eigenvalue weighted by Gasteiger charge is -2.27. The van der Waals surface area contributed by atoms with E-state index >= 15 is 0 Å². The van der Waals surface area contributed by atoms with E-state index in [0.29, 0.717) is 25.7 Å². The number of carbonyl (C=O) groups excluding carboxylic acids is 2. The molecule has 0 aliphatic carbocycles. The summed E-state index contributed by atoms with van der Waals surface area (Å²) in [5, 5.41) is 10.5. The number of cyclic esters (lactones) is 1. The molecule has 5 heteroatoms. The molecule has 3 rings (SSSR count).